The van der Waals surface area contributed by atoms with Crippen molar-refractivity contribution in [1.82, 2.24) is 14.5 Å². The molecule has 1 saturated carbocycles. The van der Waals surface area contributed by atoms with Crippen molar-refractivity contribution >= 4 is 27.3 Å². The molecule has 1 saturated heterocycles. The fraction of sp³-hybridized carbons (Fsp3) is 0.450. The number of rotatable bonds is 4. The van der Waals surface area contributed by atoms with Gasteiger partial charge in [-0.1, -0.05) is 29.8 Å². The smallest absolute Gasteiger partial charge is 0.254 e. The lowest BCUT2D eigenvalue weighted by atomic mass is 10.1. The Morgan fingerprint density at radius 3 is 2.62 bits per heavy atom. The zero-order valence-corrected chi connectivity index (χ0v) is 17.4. The summed E-state index contributed by atoms with van der Waals surface area (Å²) in [4.78, 5) is 30.8. The van der Waals surface area contributed by atoms with E-state index in [1.165, 1.54) is 21.9 Å². The van der Waals surface area contributed by atoms with E-state index in [2.05, 4.69) is 4.98 Å². The van der Waals surface area contributed by atoms with E-state index in [4.69, 9.17) is 11.6 Å². The van der Waals surface area contributed by atoms with Crippen LogP contribution in [0.5, 0.6) is 0 Å². The second kappa shape index (κ2) is 7.91. The van der Waals surface area contributed by atoms with Gasteiger partial charge in [-0.25, -0.2) is 13.4 Å². The third-order valence-electron chi connectivity index (χ3n) is 5.55. The van der Waals surface area contributed by atoms with Crippen LogP contribution in [-0.4, -0.2) is 47.6 Å². The maximum Gasteiger partial charge on any atom is 0.254 e. The monoisotopic (exact) mass is 435 g/mol. The number of halogens is 1. The maximum atomic E-state index is 12.8. The minimum atomic E-state index is -3.45. The second-order valence-electron chi connectivity index (χ2n) is 7.60. The summed E-state index contributed by atoms with van der Waals surface area (Å²) in [5, 5.41) is -0.328. The lowest BCUT2D eigenvalue weighted by molar-refractivity contribution is -0.131. The van der Waals surface area contributed by atoms with Gasteiger partial charge < -0.3 is 4.90 Å². The van der Waals surface area contributed by atoms with Crippen molar-refractivity contribution in [3.05, 3.63) is 63.3 Å². The van der Waals surface area contributed by atoms with Crippen LogP contribution in [0.25, 0.3) is 0 Å². The predicted octanol–water partition coefficient (Wildman–Crippen LogP) is 2.16. The summed E-state index contributed by atoms with van der Waals surface area (Å²) in [6.07, 6.45) is 3.77. The standard InChI is InChI=1S/C20H22ClN3O4S/c21-16-4-2-1-3-15(16)18-7-8-23(9-10-29(18,27)28)20(26)12-24-13-22-17(11-19(24)25)14-5-6-14/h1-4,11,13-14,18H,5-10,12H2/t18-/m0/s1. The van der Waals surface area contributed by atoms with Crippen molar-refractivity contribution in [2.75, 3.05) is 18.8 Å². The summed E-state index contributed by atoms with van der Waals surface area (Å²) in [7, 11) is -3.45. The molecule has 154 valence electrons. The van der Waals surface area contributed by atoms with E-state index >= 15 is 0 Å². The highest BCUT2D eigenvalue weighted by molar-refractivity contribution is 7.91. The zero-order valence-electron chi connectivity index (χ0n) is 15.8. The van der Waals surface area contributed by atoms with E-state index < -0.39 is 15.1 Å². The molecule has 0 N–H and O–H groups in total. The molecule has 2 aliphatic rings. The molecule has 29 heavy (non-hydrogen) atoms. The van der Waals surface area contributed by atoms with Crippen molar-refractivity contribution in [2.45, 2.75) is 37.0 Å². The summed E-state index contributed by atoms with van der Waals surface area (Å²) in [6, 6.07) is 8.39. The summed E-state index contributed by atoms with van der Waals surface area (Å²) >= 11 is 6.21. The molecular formula is C20H22ClN3O4S. The molecule has 0 spiro atoms. The minimum Gasteiger partial charge on any atom is -0.340 e. The molecule has 1 aliphatic carbocycles. The van der Waals surface area contributed by atoms with E-state index in [9.17, 15) is 18.0 Å². The Bertz CT molecular complexity index is 1090. The van der Waals surface area contributed by atoms with Gasteiger partial charge in [0.05, 0.1) is 23.0 Å². The van der Waals surface area contributed by atoms with E-state index in [0.29, 0.717) is 16.5 Å². The molecular weight excluding hydrogens is 414 g/mol. The van der Waals surface area contributed by atoms with Crippen LogP contribution in [0, 0.1) is 0 Å². The van der Waals surface area contributed by atoms with Crippen LogP contribution < -0.4 is 5.56 Å². The van der Waals surface area contributed by atoms with E-state index in [1.807, 2.05) is 0 Å². The fourth-order valence-corrected chi connectivity index (χ4v) is 5.83. The van der Waals surface area contributed by atoms with Crippen LogP contribution >= 0.6 is 11.6 Å². The number of amides is 1. The topological polar surface area (TPSA) is 89.3 Å². The van der Waals surface area contributed by atoms with Gasteiger partial charge in [-0.05, 0) is 30.9 Å². The Balaban J connectivity index is 1.48. The van der Waals surface area contributed by atoms with Gasteiger partial charge in [0.15, 0.2) is 9.84 Å². The molecule has 1 aromatic heterocycles. The highest BCUT2D eigenvalue weighted by atomic mass is 35.5. The molecule has 1 aromatic carbocycles. The average molecular weight is 436 g/mol. The molecule has 1 amide bonds. The average Bonchev–Trinajstić information content (AvgIpc) is 3.52. The van der Waals surface area contributed by atoms with Gasteiger partial charge in [-0.15, -0.1) is 0 Å². The third kappa shape index (κ3) is 4.38. The van der Waals surface area contributed by atoms with Gasteiger partial charge in [-0.2, -0.15) is 0 Å². The van der Waals surface area contributed by atoms with Crippen molar-refractivity contribution in [1.29, 1.82) is 0 Å². The molecule has 2 fully saturated rings. The quantitative estimate of drug-likeness (QED) is 0.734. The number of hydrogen-bond acceptors (Lipinski definition) is 5. The summed E-state index contributed by atoms with van der Waals surface area (Å²) in [5.74, 6) is -0.0590. The van der Waals surface area contributed by atoms with Crippen LogP contribution in [-0.2, 0) is 21.2 Å². The van der Waals surface area contributed by atoms with E-state index in [-0.39, 0.29) is 43.3 Å². The molecule has 4 rings (SSSR count). The fourth-order valence-electron chi connectivity index (χ4n) is 3.69. The Hall–Kier alpha value is -2.19. The Labute approximate surface area is 174 Å². The van der Waals surface area contributed by atoms with Gasteiger partial charge >= 0.3 is 0 Å². The second-order valence-corrected chi connectivity index (χ2v) is 10.3. The molecule has 0 radical (unpaired) electrons. The van der Waals surface area contributed by atoms with Gasteiger partial charge in [-0.3, -0.25) is 14.2 Å². The SMILES string of the molecule is O=C(Cn1cnc(C2CC2)cc1=O)N1CC[C@@H](c2ccccc2Cl)S(=O)(=O)CC1. The van der Waals surface area contributed by atoms with E-state index in [1.54, 1.807) is 24.3 Å². The first kappa shape index (κ1) is 20.1. The highest BCUT2D eigenvalue weighted by Gasteiger charge is 2.34. The van der Waals surface area contributed by atoms with E-state index in [0.717, 1.165) is 18.5 Å². The molecule has 0 bridgehead atoms. The summed E-state index contributed by atoms with van der Waals surface area (Å²) < 4.78 is 26.8. The number of carbonyl (C=O) groups is 1. The van der Waals surface area contributed by atoms with Crippen LogP contribution in [0.15, 0.2) is 41.5 Å². The van der Waals surface area contributed by atoms with Crippen LogP contribution in [0.2, 0.25) is 5.02 Å². The molecule has 1 aliphatic heterocycles. The van der Waals surface area contributed by atoms with Crippen molar-refractivity contribution < 1.29 is 13.2 Å². The van der Waals surface area contributed by atoms with Gasteiger partial charge in [0.2, 0.25) is 5.91 Å². The lowest BCUT2D eigenvalue weighted by Gasteiger charge is -2.20. The largest absolute Gasteiger partial charge is 0.340 e. The lowest BCUT2D eigenvalue weighted by Crippen LogP contribution is -2.38. The maximum absolute atomic E-state index is 12.8. The number of hydrogen-bond donors (Lipinski definition) is 0. The van der Waals surface area contributed by atoms with Crippen molar-refractivity contribution in [3.63, 3.8) is 0 Å². The molecule has 2 heterocycles. The predicted molar refractivity (Wildman–Crippen MR) is 110 cm³/mol. The zero-order chi connectivity index (χ0) is 20.6. The van der Waals surface area contributed by atoms with Gasteiger partial charge in [0.1, 0.15) is 6.54 Å². The number of carbonyl (C=O) groups excluding carboxylic acids is 1. The summed E-state index contributed by atoms with van der Waals surface area (Å²) in [6.45, 7) is 0.244. The third-order valence-corrected chi connectivity index (χ3v) is 8.00. The van der Waals surface area contributed by atoms with Crippen LogP contribution in [0.4, 0.5) is 0 Å². The number of sulfone groups is 1. The first-order valence-electron chi connectivity index (χ1n) is 9.65. The minimum absolute atomic E-state index is 0.102. The van der Waals surface area contributed by atoms with Crippen LogP contribution in [0.1, 0.15) is 41.7 Å². The molecule has 2 aromatic rings. The molecule has 7 nitrogen and oxygen atoms in total. The molecule has 0 unspecified atom stereocenters. The van der Waals surface area contributed by atoms with Crippen LogP contribution in [0.3, 0.4) is 0 Å². The number of aromatic nitrogens is 2. The number of benzene rings is 1. The first-order valence-corrected chi connectivity index (χ1v) is 11.7. The van der Waals surface area contributed by atoms with Crippen molar-refractivity contribution in [2.24, 2.45) is 0 Å². The van der Waals surface area contributed by atoms with Gasteiger partial charge in [0, 0.05) is 30.1 Å². The van der Waals surface area contributed by atoms with Crippen molar-refractivity contribution in [3.8, 4) is 0 Å². The Morgan fingerprint density at radius 2 is 1.93 bits per heavy atom. The number of nitrogens with zero attached hydrogens (tertiary/aromatic N) is 3. The first-order chi connectivity index (χ1) is 13.8. The normalized spacial score (nSPS) is 21.6. The molecule has 9 heteroatoms. The highest BCUT2D eigenvalue weighted by Crippen LogP contribution is 2.38. The van der Waals surface area contributed by atoms with Gasteiger partial charge in [0.25, 0.3) is 5.56 Å². The Morgan fingerprint density at radius 1 is 1.17 bits per heavy atom. The Kier molecular flexibility index (Phi) is 5.48. The molecule has 1 atom stereocenters. The summed E-state index contributed by atoms with van der Waals surface area (Å²) in [5.41, 5.74) is 1.09.